The number of urea groups is 1. The molecule has 30 heavy (non-hydrogen) atoms. The van der Waals surface area contributed by atoms with Crippen molar-refractivity contribution in [1.82, 2.24) is 20.5 Å². The zero-order valence-electron chi connectivity index (χ0n) is 17.7. The van der Waals surface area contributed by atoms with Gasteiger partial charge in [0.1, 0.15) is 5.01 Å². The van der Waals surface area contributed by atoms with Crippen LogP contribution in [0, 0.1) is 17.8 Å². The van der Waals surface area contributed by atoms with Crippen molar-refractivity contribution in [3.63, 3.8) is 0 Å². The number of benzene rings is 1. The molecule has 1 atom stereocenters. The van der Waals surface area contributed by atoms with E-state index in [0.717, 1.165) is 52.2 Å². The van der Waals surface area contributed by atoms with Gasteiger partial charge in [-0.05, 0) is 82.4 Å². The van der Waals surface area contributed by atoms with E-state index >= 15 is 0 Å². The Hall–Kier alpha value is -1.99. The molecule has 1 heterocycles. The summed E-state index contributed by atoms with van der Waals surface area (Å²) < 4.78 is 1.15. The molecule has 0 unspecified atom stereocenters. The number of hydrogen-bond acceptors (Lipinski definition) is 5. The van der Waals surface area contributed by atoms with Gasteiger partial charge in [-0.1, -0.05) is 12.1 Å². The van der Waals surface area contributed by atoms with Crippen molar-refractivity contribution in [2.45, 2.75) is 57.0 Å². The molecule has 4 saturated carbocycles. The summed E-state index contributed by atoms with van der Waals surface area (Å²) in [4.78, 5) is 31.8. The van der Waals surface area contributed by atoms with E-state index in [1.807, 2.05) is 37.1 Å². The number of carbonyl (C=O) groups excluding carboxylic acids is 2. The molecule has 1 aromatic carbocycles. The zero-order chi connectivity index (χ0) is 20.9. The fraction of sp³-hybridized carbons (Fsp3) is 0.609. The first-order valence-corrected chi connectivity index (χ1v) is 11.9. The second-order valence-corrected chi connectivity index (χ2v) is 10.9. The smallest absolute Gasteiger partial charge is 0.321 e. The van der Waals surface area contributed by atoms with Crippen molar-refractivity contribution < 1.29 is 9.59 Å². The summed E-state index contributed by atoms with van der Waals surface area (Å²) >= 11 is 1.65. The third-order valence-corrected chi connectivity index (χ3v) is 8.60. The molecular weight excluding hydrogens is 396 g/mol. The Labute approximate surface area is 181 Å². The van der Waals surface area contributed by atoms with E-state index in [-0.39, 0.29) is 30.1 Å². The minimum Gasteiger partial charge on any atom is -0.332 e. The third-order valence-electron chi connectivity index (χ3n) is 7.39. The molecule has 0 aliphatic heterocycles. The highest BCUT2D eigenvalue weighted by Crippen LogP contribution is 2.55. The number of nitrogens with zero attached hydrogens (tertiary/aromatic N) is 2. The minimum atomic E-state index is -0.331. The van der Waals surface area contributed by atoms with Gasteiger partial charge in [-0.25, -0.2) is 9.78 Å². The molecule has 3 amide bonds. The number of carbonyl (C=O) groups is 2. The van der Waals surface area contributed by atoms with Crippen LogP contribution in [0.4, 0.5) is 4.79 Å². The number of thiazole rings is 1. The lowest BCUT2D eigenvalue weighted by molar-refractivity contribution is -0.121. The summed E-state index contributed by atoms with van der Waals surface area (Å²) in [5.41, 5.74) is 0.899. The van der Waals surface area contributed by atoms with Gasteiger partial charge < -0.3 is 5.32 Å². The van der Waals surface area contributed by atoms with Crippen LogP contribution in [0.5, 0.6) is 0 Å². The van der Waals surface area contributed by atoms with E-state index in [0.29, 0.717) is 0 Å². The first kappa shape index (κ1) is 19.9. The Morgan fingerprint density at radius 3 is 2.43 bits per heavy atom. The van der Waals surface area contributed by atoms with Gasteiger partial charge >= 0.3 is 6.03 Å². The lowest BCUT2D eigenvalue weighted by Gasteiger charge is -2.56. The molecule has 0 radical (unpaired) electrons. The van der Waals surface area contributed by atoms with Crippen LogP contribution >= 0.6 is 11.3 Å². The van der Waals surface area contributed by atoms with Crippen LogP contribution in [0.15, 0.2) is 24.3 Å². The standard InChI is InChI=1S/C23H30N4O2S/c1-14(21-24-18-5-3-4-6-19(18)30-21)27(2)13-20(28)25-22(29)26-23-10-15-7-16(11-23)9-17(8-15)12-23/h3-6,14-17H,7-13H2,1-2H3,(H2,25,26,28,29)/t14-,15?,16?,17?,23?/m1/s1. The zero-order valence-corrected chi connectivity index (χ0v) is 18.5. The lowest BCUT2D eigenvalue weighted by atomic mass is 9.53. The maximum atomic E-state index is 12.6. The maximum Gasteiger partial charge on any atom is 0.321 e. The third kappa shape index (κ3) is 3.85. The Morgan fingerprint density at radius 1 is 1.17 bits per heavy atom. The number of fused-ring (bicyclic) bond motifs is 1. The number of para-hydroxylation sites is 1. The highest BCUT2D eigenvalue weighted by Gasteiger charge is 2.51. The van der Waals surface area contributed by atoms with Crippen LogP contribution in [0.1, 0.15) is 56.5 Å². The molecular formula is C23H30N4O2S. The van der Waals surface area contributed by atoms with E-state index in [1.54, 1.807) is 11.3 Å². The lowest BCUT2D eigenvalue weighted by Crippen LogP contribution is -2.62. The van der Waals surface area contributed by atoms with E-state index in [2.05, 4.69) is 16.7 Å². The highest BCUT2D eigenvalue weighted by atomic mass is 32.1. The second kappa shape index (κ2) is 7.61. The summed E-state index contributed by atoms with van der Waals surface area (Å²) in [6.45, 7) is 2.20. The van der Waals surface area contributed by atoms with Gasteiger partial charge in [-0.15, -0.1) is 11.3 Å². The number of rotatable bonds is 5. The van der Waals surface area contributed by atoms with Crippen molar-refractivity contribution in [3.8, 4) is 0 Å². The quantitative estimate of drug-likeness (QED) is 0.755. The van der Waals surface area contributed by atoms with Crippen LogP contribution in [0.25, 0.3) is 10.2 Å². The summed E-state index contributed by atoms with van der Waals surface area (Å²) in [5.74, 6) is 2.00. The Balaban J connectivity index is 1.16. The van der Waals surface area contributed by atoms with Crippen molar-refractivity contribution in [2.75, 3.05) is 13.6 Å². The number of imide groups is 1. The molecule has 4 aliphatic rings. The fourth-order valence-electron chi connectivity index (χ4n) is 6.32. The van der Waals surface area contributed by atoms with Crippen molar-refractivity contribution in [3.05, 3.63) is 29.3 Å². The van der Waals surface area contributed by atoms with Gasteiger partial charge in [0.25, 0.3) is 0 Å². The Morgan fingerprint density at radius 2 is 1.80 bits per heavy atom. The van der Waals surface area contributed by atoms with Gasteiger partial charge in [-0.2, -0.15) is 0 Å². The van der Waals surface area contributed by atoms with E-state index in [1.165, 1.54) is 19.3 Å². The molecule has 0 spiro atoms. The largest absolute Gasteiger partial charge is 0.332 e. The number of aromatic nitrogens is 1. The van der Waals surface area contributed by atoms with Gasteiger partial charge in [0.2, 0.25) is 5.91 Å². The first-order chi connectivity index (χ1) is 14.4. The number of hydrogen-bond donors (Lipinski definition) is 2. The molecule has 4 fully saturated rings. The molecule has 1 aromatic heterocycles. The molecule has 0 saturated heterocycles. The predicted molar refractivity (Wildman–Crippen MR) is 118 cm³/mol. The van der Waals surface area contributed by atoms with Crippen LogP contribution in [0.3, 0.4) is 0 Å². The first-order valence-electron chi connectivity index (χ1n) is 11.1. The molecule has 2 N–H and O–H groups in total. The number of likely N-dealkylation sites (N-methyl/N-ethyl adjacent to an activating group) is 1. The topological polar surface area (TPSA) is 74.3 Å². The maximum absolute atomic E-state index is 12.6. The molecule has 7 heteroatoms. The predicted octanol–water partition coefficient (Wildman–Crippen LogP) is 4.08. The van der Waals surface area contributed by atoms with E-state index in [4.69, 9.17) is 4.98 Å². The average Bonchev–Trinajstić information content (AvgIpc) is 3.09. The highest BCUT2D eigenvalue weighted by molar-refractivity contribution is 7.18. The molecule has 4 bridgehead atoms. The molecule has 160 valence electrons. The van der Waals surface area contributed by atoms with Gasteiger partial charge in [0.05, 0.1) is 22.8 Å². The number of amides is 3. The minimum absolute atomic E-state index is 0.000588. The summed E-state index contributed by atoms with van der Waals surface area (Å²) in [6.07, 6.45) is 7.22. The van der Waals surface area contributed by atoms with Crippen LogP contribution in [0.2, 0.25) is 0 Å². The van der Waals surface area contributed by atoms with E-state index in [9.17, 15) is 9.59 Å². The van der Waals surface area contributed by atoms with Crippen LogP contribution in [-0.4, -0.2) is 41.0 Å². The summed E-state index contributed by atoms with van der Waals surface area (Å²) in [5, 5.41) is 6.76. The second-order valence-electron chi connectivity index (χ2n) is 9.81. The van der Waals surface area contributed by atoms with Gasteiger partial charge in [-0.3, -0.25) is 15.0 Å². The summed E-state index contributed by atoms with van der Waals surface area (Å²) in [7, 11) is 1.90. The Kier molecular flexibility index (Phi) is 5.06. The van der Waals surface area contributed by atoms with Crippen LogP contribution < -0.4 is 10.6 Å². The van der Waals surface area contributed by atoms with Gasteiger partial charge in [0.15, 0.2) is 0 Å². The molecule has 6 nitrogen and oxygen atoms in total. The normalized spacial score (nSPS) is 30.6. The molecule has 6 rings (SSSR count). The van der Waals surface area contributed by atoms with Crippen molar-refractivity contribution in [1.29, 1.82) is 0 Å². The van der Waals surface area contributed by atoms with Crippen LogP contribution in [-0.2, 0) is 4.79 Å². The summed E-state index contributed by atoms with van der Waals surface area (Å²) in [6, 6.07) is 7.72. The molecule has 4 aliphatic carbocycles. The average molecular weight is 427 g/mol. The SMILES string of the molecule is C[C@H](c1nc2ccccc2s1)N(C)CC(=O)NC(=O)NC12CC3CC(CC(C3)C1)C2. The molecule has 2 aromatic rings. The van der Waals surface area contributed by atoms with Gasteiger partial charge in [0, 0.05) is 5.54 Å². The monoisotopic (exact) mass is 426 g/mol. The fourth-order valence-corrected chi connectivity index (χ4v) is 7.41. The number of nitrogens with one attached hydrogen (secondary N) is 2. The van der Waals surface area contributed by atoms with Crippen molar-refractivity contribution in [2.24, 2.45) is 17.8 Å². The van der Waals surface area contributed by atoms with E-state index < -0.39 is 0 Å². The van der Waals surface area contributed by atoms with Crippen molar-refractivity contribution >= 4 is 33.5 Å². The Bertz CT molecular complexity index is 903.